The topological polar surface area (TPSA) is 55.9 Å². The molecule has 0 saturated carbocycles. The molecular weight excluding hydrogens is 304 g/mol. The first-order valence-electron chi connectivity index (χ1n) is 6.43. The van der Waals surface area contributed by atoms with Gasteiger partial charge in [-0.05, 0) is 31.0 Å². The third-order valence-electron chi connectivity index (χ3n) is 3.18. The van der Waals surface area contributed by atoms with Gasteiger partial charge in [0.15, 0.2) is 0 Å². The molecule has 4 nitrogen and oxygen atoms in total. The van der Waals surface area contributed by atoms with E-state index in [0.29, 0.717) is 0 Å². The molecule has 0 aliphatic heterocycles. The van der Waals surface area contributed by atoms with Gasteiger partial charge >= 0.3 is 0 Å². The molecule has 0 fully saturated rings. The number of aromatic nitrogens is 2. The predicted octanol–water partition coefficient (Wildman–Crippen LogP) is 2.28. The molecule has 0 amide bonds. The van der Waals surface area contributed by atoms with E-state index in [0.717, 1.165) is 29.7 Å². The molecule has 5 heteroatoms. The fourth-order valence-corrected chi connectivity index (χ4v) is 2.62. The van der Waals surface area contributed by atoms with E-state index >= 15 is 0 Å². The zero-order chi connectivity index (χ0) is 13.7. The minimum absolute atomic E-state index is 0.182. The molecule has 102 valence electrons. The van der Waals surface area contributed by atoms with Crippen LogP contribution in [0.4, 0.5) is 0 Å². The maximum atomic E-state index is 5.67. The van der Waals surface area contributed by atoms with Gasteiger partial charge in [0.25, 0.3) is 0 Å². The Kier molecular flexibility index (Phi) is 5.13. The van der Waals surface area contributed by atoms with Gasteiger partial charge in [0.2, 0.25) is 0 Å². The third-order valence-corrected chi connectivity index (χ3v) is 3.67. The summed E-state index contributed by atoms with van der Waals surface area (Å²) in [5.74, 6) is 6.74. The first kappa shape index (κ1) is 14.2. The van der Waals surface area contributed by atoms with E-state index in [4.69, 9.17) is 5.84 Å². The highest BCUT2D eigenvalue weighted by atomic mass is 79.9. The number of imidazole rings is 1. The van der Waals surface area contributed by atoms with E-state index in [2.05, 4.69) is 50.0 Å². The van der Waals surface area contributed by atoms with Crippen LogP contribution in [0.2, 0.25) is 0 Å². The Morgan fingerprint density at radius 3 is 2.95 bits per heavy atom. The van der Waals surface area contributed by atoms with Crippen LogP contribution in [0.15, 0.2) is 41.1 Å². The lowest BCUT2D eigenvalue weighted by Gasteiger charge is -2.16. The van der Waals surface area contributed by atoms with E-state index in [-0.39, 0.29) is 6.04 Å². The first-order valence-corrected chi connectivity index (χ1v) is 7.22. The van der Waals surface area contributed by atoms with Gasteiger partial charge in [0.05, 0.1) is 0 Å². The van der Waals surface area contributed by atoms with Gasteiger partial charge < -0.3 is 4.57 Å². The fourth-order valence-electron chi connectivity index (χ4n) is 2.18. The van der Waals surface area contributed by atoms with Crippen LogP contribution in [0.25, 0.3) is 0 Å². The van der Waals surface area contributed by atoms with Gasteiger partial charge in [-0.2, -0.15) is 0 Å². The Morgan fingerprint density at radius 2 is 2.26 bits per heavy atom. The summed E-state index contributed by atoms with van der Waals surface area (Å²) in [4.78, 5) is 4.39. The summed E-state index contributed by atoms with van der Waals surface area (Å²) in [7, 11) is 0. The lowest BCUT2D eigenvalue weighted by molar-refractivity contribution is 0.499. The highest BCUT2D eigenvalue weighted by molar-refractivity contribution is 9.10. The fraction of sp³-hybridized carbons (Fsp3) is 0.357. The van der Waals surface area contributed by atoms with Crippen LogP contribution < -0.4 is 11.3 Å². The summed E-state index contributed by atoms with van der Waals surface area (Å²) in [6.45, 7) is 3.05. The number of hydrogen-bond acceptors (Lipinski definition) is 3. The van der Waals surface area contributed by atoms with Crippen molar-refractivity contribution in [3.8, 4) is 0 Å². The number of hydrazine groups is 1. The quantitative estimate of drug-likeness (QED) is 0.633. The van der Waals surface area contributed by atoms with Crippen molar-refractivity contribution >= 4 is 15.9 Å². The van der Waals surface area contributed by atoms with Crippen molar-refractivity contribution in [2.24, 2.45) is 5.84 Å². The van der Waals surface area contributed by atoms with E-state index < -0.39 is 0 Å². The molecule has 0 radical (unpaired) electrons. The van der Waals surface area contributed by atoms with E-state index in [1.165, 1.54) is 5.56 Å². The zero-order valence-electron chi connectivity index (χ0n) is 11.0. The number of benzene rings is 1. The van der Waals surface area contributed by atoms with Crippen molar-refractivity contribution in [1.82, 2.24) is 15.0 Å². The molecule has 1 heterocycles. The third kappa shape index (κ3) is 3.89. The Hall–Kier alpha value is -1.17. The van der Waals surface area contributed by atoms with E-state index in [1.54, 1.807) is 0 Å². The van der Waals surface area contributed by atoms with Crippen LogP contribution in [0, 0.1) is 0 Å². The molecule has 19 heavy (non-hydrogen) atoms. The molecule has 0 saturated heterocycles. The van der Waals surface area contributed by atoms with E-state index in [9.17, 15) is 0 Å². The highest BCUT2D eigenvalue weighted by Crippen LogP contribution is 2.14. The molecule has 0 aliphatic rings. The first-order chi connectivity index (χ1) is 9.22. The Labute approximate surface area is 122 Å². The lowest BCUT2D eigenvalue weighted by atomic mass is 10.0. The van der Waals surface area contributed by atoms with Crippen LogP contribution in [-0.2, 0) is 19.4 Å². The lowest BCUT2D eigenvalue weighted by Crippen LogP contribution is -2.39. The maximum absolute atomic E-state index is 5.67. The average Bonchev–Trinajstić information content (AvgIpc) is 2.85. The second-order valence-electron chi connectivity index (χ2n) is 4.53. The molecule has 0 spiro atoms. The van der Waals surface area contributed by atoms with Crippen molar-refractivity contribution in [3.05, 3.63) is 52.5 Å². The molecule has 1 aromatic heterocycles. The van der Waals surface area contributed by atoms with Crippen LogP contribution in [0.3, 0.4) is 0 Å². The van der Waals surface area contributed by atoms with Gasteiger partial charge in [-0.1, -0.05) is 28.1 Å². The van der Waals surface area contributed by atoms with Crippen LogP contribution >= 0.6 is 15.9 Å². The molecule has 1 aromatic carbocycles. The number of hydrogen-bond donors (Lipinski definition) is 2. The number of nitrogens with one attached hydrogen (secondary N) is 1. The highest BCUT2D eigenvalue weighted by Gasteiger charge is 2.12. The van der Waals surface area contributed by atoms with Crippen LogP contribution in [0.1, 0.15) is 18.3 Å². The summed E-state index contributed by atoms with van der Waals surface area (Å²) in [5.41, 5.74) is 4.15. The number of rotatable bonds is 6. The van der Waals surface area contributed by atoms with Crippen molar-refractivity contribution in [1.29, 1.82) is 0 Å². The summed E-state index contributed by atoms with van der Waals surface area (Å²) in [6, 6.07) is 8.48. The van der Waals surface area contributed by atoms with Crippen molar-refractivity contribution in [3.63, 3.8) is 0 Å². The number of aryl methyl sites for hydroxylation is 1. The van der Waals surface area contributed by atoms with Gasteiger partial charge in [0.1, 0.15) is 5.82 Å². The van der Waals surface area contributed by atoms with Gasteiger partial charge in [-0.15, -0.1) is 0 Å². The van der Waals surface area contributed by atoms with Gasteiger partial charge in [0, 0.05) is 35.9 Å². The Balaban J connectivity index is 2.04. The summed E-state index contributed by atoms with van der Waals surface area (Å²) in [5, 5.41) is 0. The summed E-state index contributed by atoms with van der Waals surface area (Å²) in [6.07, 6.45) is 5.55. The monoisotopic (exact) mass is 322 g/mol. The smallest absolute Gasteiger partial charge is 0.110 e. The van der Waals surface area contributed by atoms with Crippen LogP contribution in [-0.4, -0.2) is 15.6 Å². The van der Waals surface area contributed by atoms with E-state index in [1.807, 2.05) is 24.5 Å². The molecule has 1 atom stereocenters. The predicted molar refractivity (Wildman–Crippen MR) is 80.6 cm³/mol. The average molecular weight is 323 g/mol. The minimum atomic E-state index is 0.182. The molecule has 0 bridgehead atoms. The van der Waals surface area contributed by atoms with Gasteiger partial charge in [-0.3, -0.25) is 11.3 Å². The van der Waals surface area contributed by atoms with Crippen LogP contribution in [0.5, 0.6) is 0 Å². The van der Waals surface area contributed by atoms with Crippen molar-refractivity contribution < 1.29 is 0 Å². The standard InChI is InChI=1S/C14H19BrN4/c1-2-19-7-6-17-14(19)10-13(18-16)9-11-4-3-5-12(15)8-11/h3-8,13,18H,2,9-10,16H2,1H3. The zero-order valence-corrected chi connectivity index (χ0v) is 12.6. The molecule has 2 aromatic rings. The van der Waals surface area contributed by atoms with Gasteiger partial charge in [-0.25, -0.2) is 4.98 Å². The molecule has 1 unspecified atom stereocenters. The molecular formula is C14H19BrN4. The Morgan fingerprint density at radius 1 is 1.42 bits per heavy atom. The molecule has 2 rings (SSSR count). The number of nitrogens with two attached hydrogens (primary N) is 1. The molecule has 3 N–H and O–H groups in total. The number of halogens is 1. The largest absolute Gasteiger partial charge is 0.335 e. The summed E-state index contributed by atoms with van der Waals surface area (Å²) >= 11 is 3.49. The second-order valence-corrected chi connectivity index (χ2v) is 5.45. The minimum Gasteiger partial charge on any atom is -0.335 e. The van der Waals surface area contributed by atoms with Crippen molar-refractivity contribution in [2.75, 3.05) is 0 Å². The SMILES string of the molecule is CCn1ccnc1CC(Cc1cccc(Br)c1)NN. The Bertz CT molecular complexity index is 524. The number of nitrogens with zero attached hydrogens (tertiary/aromatic N) is 2. The van der Waals surface area contributed by atoms with Crippen molar-refractivity contribution in [2.45, 2.75) is 32.4 Å². The maximum Gasteiger partial charge on any atom is 0.110 e. The normalized spacial score (nSPS) is 12.6. The molecule has 0 aliphatic carbocycles. The second kappa shape index (κ2) is 6.84. The summed E-state index contributed by atoms with van der Waals surface area (Å²) < 4.78 is 3.24.